The summed E-state index contributed by atoms with van der Waals surface area (Å²) in [6.07, 6.45) is 20.4. The zero-order chi connectivity index (χ0) is 17.6. The highest BCUT2D eigenvalue weighted by Gasteiger charge is 1.93. The molecule has 0 saturated carbocycles. The van der Waals surface area contributed by atoms with E-state index >= 15 is 0 Å². The van der Waals surface area contributed by atoms with Gasteiger partial charge in [0.1, 0.15) is 6.61 Å². The van der Waals surface area contributed by atoms with Gasteiger partial charge in [0.15, 0.2) is 0 Å². The minimum absolute atomic E-state index is 0. The second-order valence-corrected chi connectivity index (χ2v) is 6.27. The van der Waals surface area contributed by atoms with Gasteiger partial charge in [-0.05, 0) is 6.92 Å². The second kappa shape index (κ2) is 27.2. The van der Waals surface area contributed by atoms with Crippen LogP contribution in [0, 0.1) is 0 Å². The predicted octanol–water partition coefficient (Wildman–Crippen LogP) is 5.77. The average Bonchev–Trinajstić information content (AvgIpc) is 2.54. The lowest BCUT2D eigenvalue weighted by Gasteiger charge is -2.02. The maximum absolute atomic E-state index is 9.63. The molecule has 0 aromatic heterocycles. The Bertz CT molecular complexity index is 206. The molecule has 0 heterocycles. The van der Waals surface area contributed by atoms with Gasteiger partial charge in [-0.15, -0.1) is 0 Å². The largest absolute Gasteiger partial charge is 0.480 e. The first-order chi connectivity index (χ1) is 11.2. The Kier molecular flexibility index (Phi) is 32.0. The molecule has 3 N–H and O–H groups in total. The van der Waals surface area contributed by atoms with Crippen molar-refractivity contribution in [2.45, 2.75) is 111 Å². The van der Waals surface area contributed by atoms with Gasteiger partial charge in [-0.2, -0.15) is 0 Å². The normalized spacial score (nSPS) is 9.79. The zero-order valence-electron chi connectivity index (χ0n) is 16.6. The molecule has 0 saturated heterocycles. The molecule has 0 aromatic rings. The number of aliphatic carboxylic acids is 1. The molecular formula is C20H44O4. The molecule has 0 spiro atoms. The van der Waals surface area contributed by atoms with Crippen molar-refractivity contribution in [1.29, 1.82) is 0 Å². The molecule has 0 aliphatic heterocycles. The van der Waals surface area contributed by atoms with E-state index in [1.165, 1.54) is 89.9 Å². The van der Waals surface area contributed by atoms with E-state index < -0.39 is 5.97 Å². The number of carbonyl (C=O) groups is 1. The molecule has 0 fully saturated rings. The Hall–Kier alpha value is -0.610. The first-order valence-electron chi connectivity index (χ1n) is 9.98. The van der Waals surface area contributed by atoms with Gasteiger partial charge in [-0.3, -0.25) is 0 Å². The summed E-state index contributed by atoms with van der Waals surface area (Å²) < 4.78 is 4.50. The minimum Gasteiger partial charge on any atom is -0.480 e. The van der Waals surface area contributed by atoms with Crippen molar-refractivity contribution in [3.05, 3.63) is 0 Å². The third-order valence-corrected chi connectivity index (χ3v) is 3.89. The van der Waals surface area contributed by atoms with Crippen LogP contribution in [-0.4, -0.2) is 29.8 Å². The van der Waals surface area contributed by atoms with Crippen molar-refractivity contribution < 1.29 is 20.1 Å². The van der Waals surface area contributed by atoms with Crippen LogP contribution in [0.2, 0.25) is 0 Å². The fourth-order valence-corrected chi connectivity index (χ4v) is 2.46. The van der Waals surface area contributed by atoms with Crippen molar-refractivity contribution in [1.82, 2.24) is 0 Å². The van der Waals surface area contributed by atoms with Crippen molar-refractivity contribution in [3.63, 3.8) is 0 Å². The molecule has 4 heteroatoms. The van der Waals surface area contributed by atoms with E-state index in [1.807, 2.05) is 0 Å². The standard InChI is InChI=1S/C16H34.C4H8O3.H2O/c1-3-5-7-9-11-13-15-16-14-12-10-8-6-4-2;1-2-7-3-4(5)6;/h3-16H2,1-2H3;2-3H2,1H3,(H,5,6);1H2. The van der Waals surface area contributed by atoms with Gasteiger partial charge >= 0.3 is 5.97 Å². The smallest absolute Gasteiger partial charge is 0.329 e. The van der Waals surface area contributed by atoms with E-state index in [9.17, 15) is 4.79 Å². The maximum Gasteiger partial charge on any atom is 0.329 e. The van der Waals surface area contributed by atoms with Crippen molar-refractivity contribution in [2.75, 3.05) is 13.2 Å². The monoisotopic (exact) mass is 348 g/mol. The summed E-state index contributed by atoms with van der Waals surface area (Å²) in [5.41, 5.74) is 0. The fraction of sp³-hybridized carbons (Fsp3) is 0.950. The molecule has 0 amide bonds. The number of ether oxygens (including phenoxy) is 1. The number of carboxylic acid groups (broad SMARTS) is 1. The maximum atomic E-state index is 9.63. The lowest BCUT2D eigenvalue weighted by molar-refractivity contribution is -0.142. The van der Waals surface area contributed by atoms with Crippen LogP contribution in [-0.2, 0) is 9.53 Å². The summed E-state index contributed by atoms with van der Waals surface area (Å²) in [7, 11) is 0. The Balaban J connectivity index is -0.000000468. The second-order valence-electron chi connectivity index (χ2n) is 6.27. The van der Waals surface area contributed by atoms with Gasteiger partial charge in [0.05, 0.1) is 0 Å². The van der Waals surface area contributed by atoms with Crippen molar-refractivity contribution in [3.8, 4) is 0 Å². The molecule has 0 aliphatic rings. The summed E-state index contributed by atoms with van der Waals surface area (Å²) >= 11 is 0. The van der Waals surface area contributed by atoms with Gasteiger partial charge in [0.25, 0.3) is 0 Å². The first-order valence-corrected chi connectivity index (χ1v) is 9.98. The third-order valence-electron chi connectivity index (χ3n) is 3.89. The van der Waals surface area contributed by atoms with E-state index in [-0.39, 0.29) is 12.1 Å². The topological polar surface area (TPSA) is 78.0 Å². The minimum atomic E-state index is -0.915. The van der Waals surface area contributed by atoms with E-state index in [2.05, 4.69) is 18.6 Å². The SMILES string of the molecule is CCCCCCCCCCCCCCCC.CCOCC(=O)O.O. The van der Waals surface area contributed by atoms with Crippen LogP contribution in [0.15, 0.2) is 0 Å². The van der Waals surface area contributed by atoms with Gasteiger partial charge in [-0.25, -0.2) is 4.79 Å². The Morgan fingerprint density at radius 3 is 1.12 bits per heavy atom. The summed E-state index contributed by atoms with van der Waals surface area (Å²) in [6.45, 7) is 6.61. The van der Waals surface area contributed by atoms with Crippen LogP contribution in [0.25, 0.3) is 0 Å². The van der Waals surface area contributed by atoms with E-state index in [0.29, 0.717) is 6.61 Å². The lowest BCUT2D eigenvalue weighted by atomic mass is 10.0. The lowest BCUT2D eigenvalue weighted by Crippen LogP contribution is -2.05. The Morgan fingerprint density at radius 1 is 0.667 bits per heavy atom. The van der Waals surface area contributed by atoms with Crippen LogP contribution in [0.3, 0.4) is 0 Å². The third kappa shape index (κ3) is 33.1. The van der Waals surface area contributed by atoms with Gasteiger partial charge in [-0.1, -0.05) is 104 Å². The van der Waals surface area contributed by atoms with Crippen LogP contribution in [0.4, 0.5) is 0 Å². The summed E-state index contributed by atoms with van der Waals surface area (Å²) in [4.78, 5) is 9.63. The molecule has 148 valence electrons. The van der Waals surface area contributed by atoms with Gasteiger partial charge in [0, 0.05) is 6.61 Å². The van der Waals surface area contributed by atoms with Crippen LogP contribution >= 0.6 is 0 Å². The Morgan fingerprint density at radius 2 is 0.958 bits per heavy atom. The highest BCUT2D eigenvalue weighted by Crippen LogP contribution is 2.12. The molecule has 0 atom stereocenters. The highest BCUT2D eigenvalue weighted by atomic mass is 16.5. The summed E-state index contributed by atoms with van der Waals surface area (Å²) in [5.74, 6) is -0.915. The molecule has 0 aliphatic carbocycles. The number of rotatable bonds is 16. The average molecular weight is 349 g/mol. The number of hydrogen-bond acceptors (Lipinski definition) is 2. The summed E-state index contributed by atoms with van der Waals surface area (Å²) in [5, 5.41) is 7.92. The van der Waals surface area contributed by atoms with Crippen LogP contribution in [0.5, 0.6) is 0 Å². The molecule has 0 rings (SSSR count). The van der Waals surface area contributed by atoms with Crippen LogP contribution < -0.4 is 0 Å². The number of unbranched alkanes of at least 4 members (excludes halogenated alkanes) is 13. The zero-order valence-corrected chi connectivity index (χ0v) is 16.6. The molecule has 0 radical (unpaired) electrons. The van der Waals surface area contributed by atoms with Crippen molar-refractivity contribution in [2.24, 2.45) is 0 Å². The summed E-state index contributed by atoms with van der Waals surface area (Å²) in [6, 6.07) is 0. The Labute approximate surface area is 150 Å². The molecule has 0 unspecified atom stereocenters. The fourth-order valence-electron chi connectivity index (χ4n) is 2.46. The van der Waals surface area contributed by atoms with Crippen molar-refractivity contribution >= 4 is 5.97 Å². The number of hydrogen-bond donors (Lipinski definition) is 1. The molecule has 4 nitrogen and oxygen atoms in total. The molecular weight excluding hydrogens is 304 g/mol. The highest BCUT2D eigenvalue weighted by molar-refractivity contribution is 5.67. The quantitative estimate of drug-likeness (QED) is 0.360. The van der Waals surface area contributed by atoms with E-state index in [4.69, 9.17) is 5.11 Å². The first kappa shape index (κ1) is 28.2. The van der Waals surface area contributed by atoms with E-state index in [0.717, 1.165) is 0 Å². The molecule has 0 bridgehead atoms. The van der Waals surface area contributed by atoms with E-state index in [1.54, 1.807) is 6.92 Å². The van der Waals surface area contributed by atoms with Crippen LogP contribution in [0.1, 0.15) is 111 Å². The molecule has 24 heavy (non-hydrogen) atoms. The van der Waals surface area contributed by atoms with Gasteiger partial charge < -0.3 is 15.3 Å². The number of carboxylic acids is 1. The van der Waals surface area contributed by atoms with Gasteiger partial charge in [0.2, 0.25) is 0 Å². The predicted molar refractivity (Wildman–Crippen MR) is 104 cm³/mol. The molecule has 0 aromatic carbocycles.